The van der Waals surface area contributed by atoms with E-state index in [2.05, 4.69) is 5.32 Å². The van der Waals surface area contributed by atoms with Crippen molar-refractivity contribution in [2.75, 3.05) is 13.2 Å². The van der Waals surface area contributed by atoms with Gasteiger partial charge in [0.2, 0.25) is 11.7 Å². The number of hydrogen-bond acceptors (Lipinski definition) is 4. The number of hydrogen-bond donors (Lipinski definition) is 1. The second-order valence-corrected chi connectivity index (χ2v) is 7.59. The first-order valence-electron chi connectivity index (χ1n) is 9.44. The third-order valence-corrected chi connectivity index (χ3v) is 4.30. The van der Waals surface area contributed by atoms with Crippen LogP contribution in [0.3, 0.4) is 0 Å². The van der Waals surface area contributed by atoms with Crippen LogP contribution in [0, 0.1) is 0 Å². The van der Waals surface area contributed by atoms with Crippen molar-refractivity contribution in [2.24, 2.45) is 0 Å². The van der Waals surface area contributed by atoms with Gasteiger partial charge in [-0.2, -0.15) is 0 Å². The summed E-state index contributed by atoms with van der Waals surface area (Å²) < 4.78 is 11.4. The van der Waals surface area contributed by atoms with E-state index < -0.39 is 5.60 Å². The van der Waals surface area contributed by atoms with Crippen LogP contribution < -0.4 is 10.1 Å². The van der Waals surface area contributed by atoms with Crippen molar-refractivity contribution in [3.05, 3.63) is 65.0 Å². The first kappa shape index (κ1) is 21.5. The van der Waals surface area contributed by atoms with Crippen LogP contribution in [-0.2, 0) is 20.7 Å². The molecule has 5 nitrogen and oxygen atoms in total. The second-order valence-electron chi connectivity index (χ2n) is 7.59. The van der Waals surface area contributed by atoms with Crippen molar-refractivity contribution in [1.82, 2.24) is 5.32 Å². The molecular weight excluding hydrogens is 354 g/mol. The molecule has 1 N–H and O–H groups in total. The highest BCUT2D eigenvalue weighted by Crippen LogP contribution is 2.28. The molecule has 0 unspecified atom stereocenters. The lowest BCUT2D eigenvalue weighted by molar-refractivity contribution is -0.126. The zero-order chi connectivity index (χ0) is 20.7. The van der Waals surface area contributed by atoms with Crippen molar-refractivity contribution in [2.45, 2.75) is 46.6 Å². The molecule has 2 rings (SSSR count). The maximum Gasteiger partial charge on any atom is 0.243 e. The maximum atomic E-state index is 11.8. The molecule has 5 heteroatoms. The van der Waals surface area contributed by atoms with Crippen LogP contribution in [-0.4, -0.2) is 30.4 Å². The molecule has 1 amide bonds. The first-order chi connectivity index (χ1) is 13.2. The Kier molecular flexibility index (Phi) is 7.21. The fourth-order valence-corrected chi connectivity index (χ4v) is 2.60. The zero-order valence-electron chi connectivity index (χ0n) is 17.3. The molecule has 0 aromatic heterocycles. The number of benzene rings is 1. The molecular formula is C23H29NO4. The Morgan fingerprint density at radius 3 is 2.43 bits per heavy atom. The minimum absolute atomic E-state index is 0.0243. The first-order valence-corrected chi connectivity index (χ1v) is 9.44. The lowest BCUT2D eigenvalue weighted by atomic mass is 10.1. The molecule has 28 heavy (non-hydrogen) atoms. The van der Waals surface area contributed by atoms with E-state index in [1.165, 1.54) is 6.08 Å². The molecule has 0 bridgehead atoms. The van der Waals surface area contributed by atoms with Gasteiger partial charge in [0.25, 0.3) is 0 Å². The summed E-state index contributed by atoms with van der Waals surface area (Å²) in [5.74, 6) is 1.28. The normalized spacial score (nSPS) is 15.5. The Bertz CT molecular complexity index is 810. The summed E-state index contributed by atoms with van der Waals surface area (Å²) in [5.41, 5.74) is 2.20. The molecule has 1 aliphatic heterocycles. The van der Waals surface area contributed by atoms with Crippen molar-refractivity contribution < 1.29 is 19.1 Å². The lowest BCUT2D eigenvalue weighted by Gasteiger charge is -2.18. The summed E-state index contributed by atoms with van der Waals surface area (Å²) in [7, 11) is 0. The average Bonchev–Trinajstić information content (AvgIpc) is 2.89. The largest absolute Gasteiger partial charge is 0.490 e. The number of allylic oxidation sites excluding steroid dienone is 2. The number of amides is 1. The van der Waals surface area contributed by atoms with E-state index in [0.29, 0.717) is 18.9 Å². The summed E-state index contributed by atoms with van der Waals surface area (Å²) >= 11 is 0. The minimum Gasteiger partial charge on any atom is -0.490 e. The highest BCUT2D eigenvalue weighted by atomic mass is 16.5. The molecule has 0 aliphatic carbocycles. The van der Waals surface area contributed by atoms with Crippen LogP contribution >= 0.6 is 0 Å². The highest BCUT2D eigenvalue weighted by Gasteiger charge is 2.35. The summed E-state index contributed by atoms with van der Waals surface area (Å²) in [6.07, 6.45) is 5.79. The molecule has 0 atom stereocenters. The monoisotopic (exact) mass is 383 g/mol. The molecule has 0 fully saturated rings. The Morgan fingerprint density at radius 1 is 1.18 bits per heavy atom. The molecule has 0 saturated heterocycles. The van der Waals surface area contributed by atoms with Crippen LogP contribution in [0.25, 0.3) is 0 Å². The second kappa shape index (κ2) is 9.40. The fourth-order valence-electron chi connectivity index (χ4n) is 2.60. The van der Waals surface area contributed by atoms with E-state index in [0.717, 1.165) is 28.9 Å². The number of ketones is 1. The van der Waals surface area contributed by atoms with Crippen molar-refractivity contribution in [3.8, 4) is 5.75 Å². The van der Waals surface area contributed by atoms with Gasteiger partial charge < -0.3 is 14.8 Å². The van der Waals surface area contributed by atoms with Gasteiger partial charge in [-0.25, -0.2) is 0 Å². The number of carbonyl (C=O) groups excluding carboxylic acids is 2. The standard InChI is InChI=1S/C23H29NO4/c1-16(2)14-22(26)24-12-10-18-6-8-19(9-7-18)27-13-11-17(3)20-15-21(25)23(4,5)28-20/h6-9,11,14-15H,10,12-13H2,1-5H3,(H,24,26)/b17-11+. The smallest absolute Gasteiger partial charge is 0.243 e. The summed E-state index contributed by atoms with van der Waals surface area (Å²) in [6, 6.07) is 7.80. The Labute approximate surface area is 167 Å². The quantitative estimate of drug-likeness (QED) is 0.692. The maximum absolute atomic E-state index is 11.8. The van der Waals surface area contributed by atoms with Crippen LogP contribution in [0.1, 0.15) is 40.2 Å². The number of carbonyl (C=O) groups is 2. The van der Waals surface area contributed by atoms with E-state index in [1.54, 1.807) is 19.9 Å². The lowest BCUT2D eigenvalue weighted by Crippen LogP contribution is -2.27. The van der Waals surface area contributed by atoms with Crippen molar-refractivity contribution in [3.63, 3.8) is 0 Å². The van der Waals surface area contributed by atoms with Gasteiger partial charge in [-0.3, -0.25) is 9.59 Å². The summed E-state index contributed by atoms with van der Waals surface area (Å²) in [4.78, 5) is 23.4. The molecule has 1 aromatic carbocycles. The van der Waals surface area contributed by atoms with E-state index >= 15 is 0 Å². The highest BCUT2D eigenvalue weighted by molar-refractivity contribution is 5.99. The third kappa shape index (κ3) is 6.41. The molecule has 150 valence electrons. The molecule has 1 aliphatic rings. The van der Waals surface area contributed by atoms with Gasteiger partial charge in [0.1, 0.15) is 18.1 Å². The van der Waals surface area contributed by atoms with E-state index in [9.17, 15) is 9.59 Å². The van der Waals surface area contributed by atoms with Crippen LogP contribution in [0.15, 0.2) is 59.4 Å². The van der Waals surface area contributed by atoms with Gasteiger partial charge in [-0.15, -0.1) is 0 Å². The zero-order valence-corrected chi connectivity index (χ0v) is 17.3. The number of nitrogens with one attached hydrogen (secondary N) is 1. The van der Waals surface area contributed by atoms with Crippen molar-refractivity contribution >= 4 is 11.7 Å². The Hall–Kier alpha value is -2.82. The molecule has 0 saturated carbocycles. The topological polar surface area (TPSA) is 64.6 Å². The van der Waals surface area contributed by atoms with Crippen LogP contribution in [0.4, 0.5) is 0 Å². The summed E-state index contributed by atoms with van der Waals surface area (Å²) in [5, 5.41) is 2.86. The molecule has 0 radical (unpaired) electrons. The predicted molar refractivity (Wildman–Crippen MR) is 110 cm³/mol. The van der Waals surface area contributed by atoms with Gasteiger partial charge in [-0.1, -0.05) is 17.7 Å². The van der Waals surface area contributed by atoms with Gasteiger partial charge >= 0.3 is 0 Å². The summed E-state index contributed by atoms with van der Waals surface area (Å²) in [6.45, 7) is 10.2. The van der Waals surface area contributed by atoms with E-state index in [-0.39, 0.29) is 11.7 Å². The molecule has 0 spiro atoms. The molecule has 1 aromatic rings. The third-order valence-electron chi connectivity index (χ3n) is 4.30. The van der Waals surface area contributed by atoms with Crippen LogP contribution in [0.5, 0.6) is 5.75 Å². The van der Waals surface area contributed by atoms with E-state index in [1.807, 2.05) is 51.1 Å². The van der Waals surface area contributed by atoms with Gasteiger partial charge in [-0.05, 0) is 70.4 Å². The number of rotatable bonds is 8. The van der Waals surface area contributed by atoms with Gasteiger partial charge in [0, 0.05) is 18.7 Å². The number of ether oxygens (including phenoxy) is 2. The Morgan fingerprint density at radius 2 is 1.86 bits per heavy atom. The fraction of sp³-hybridized carbons (Fsp3) is 0.391. The molecule has 1 heterocycles. The SMILES string of the molecule is CC(C)=CC(=O)NCCc1ccc(OC/C=C(\C)C2=CC(=O)C(C)(C)O2)cc1. The Balaban J connectivity index is 1.78. The van der Waals surface area contributed by atoms with Crippen molar-refractivity contribution in [1.29, 1.82) is 0 Å². The average molecular weight is 383 g/mol. The van der Waals surface area contributed by atoms with Gasteiger partial charge in [0.15, 0.2) is 5.60 Å². The van der Waals surface area contributed by atoms with E-state index in [4.69, 9.17) is 9.47 Å². The minimum atomic E-state index is -0.785. The predicted octanol–water partition coefficient (Wildman–Crippen LogP) is 3.90. The van der Waals surface area contributed by atoms with Gasteiger partial charge in [0.05, 0.1) is 0 Å². The van der Waals surface area contributed by atoms with Crippen LogP contribution in [0.2, 0.25) is 0 Å².